The number of hydrogen-bond acceptors (Lipinski definition) is 2. The van der Waals surface area contributed by atoms with Crippen LogP contribution in [0.5, 0.6) is 0 Å². The third-order valence-corrected chi connectivity index (χ3v) is 9.80. The van der Waals surface area contributed by atoms with Crippen molar-refractivity contribution < 1.29 is 9.31 Å². The second-order valence-electron chi connectivity index (χ2n) is 9.07. The van der Waals surface area contributed by atoms with Gasteiger partial charge < -0.3 is 9.31 Å². The molecule has 1 fully saturated rings. The Bertz CT molecular complexity index is 854. The van der Waals surface area contributed by atoms with E-state index in [0.29, 0.717) is 0 Å². The van der Waals surface area contributed by atoms with Crippen molar-refractivity contribution in [3.63, 3.8) is 0 Å². The molecule has 0 unspecified atom stereocenters. The Labute approximate surface area is 171 Å². The van der Waals surface area contributed by atoms with Crippen LogP contribution in [0.15, 0.2) is 78.4 Å². The molecule has 2 aromatic carbocycles. The van der Waals surface area contributed by atoms with E-state index in [2.05, 4.69) is 95.9 Å². The number of allylic oxidation sites excluding steroid dienone is 2. The molecule has 1 aliphatic heterocycles. The zero-order chi connectivity index (χ0) is 20.6. The van der Waals surface area contributed by atoms with E-state index in [0.717, 1.165) is 11.1 Å². The van der Waals surface area contributed by atoms with Crippen LogP contribution in [-0.4, -0.2) is 26.4 Å². The van der Waals surface area contributed by atoms with E-state index >= 15 is 0 Å². The highest BCUT2D eigenvalue weighted by molar-refractivity contribution is 7.04. The van der Waals surface area contributed by atoms with Gasteiger partial charge in [-0.15, -0.1) is 0 Å². The summed E-state index contributed by atoms with van der Waals surface area (Å²) in [5, 5.41) is 2.57. The summed E-state index contributed by atoms with van der Waals surface area (Å²) in [4.78, 5) is 0. The first-order valence-corrected chi connectivity index (χ1v) is 12.9. The van der Waals surface area contributed by atoms with Crippen LogP contribution < -0.4 is 5.19 Å². The molecule has 3 rings (SSSR count). The van der Waals surface area contributed by atoms with Crippen LogP contribution >= 0.6 is 0 Å². The van der Waals surface area contributed by atoms with Gasteiger partial charge in [0.05, 0.1) is 11.2 Å². The highest BCUT2D eigenvalue weighted by Gasteiger charge is 2.54. The summed E-state index contributed by atoms with van der Waals surface area (Å²) in [5.41, 5.74) is 1.37. The lowest BCUT2D eigenvalue weighted by atomic mass is 9.87. The van der Waals surface area contributed by atoms with E-state index in [9.17, 15) is 0 Å². The lowest BCUT2D eigenvalue weighted by Crippen LogP contribution is -2.49. The summed E-state index contributed by atoms with van der Waals surface area (Å²) in [6.07, 6.45) is 2.21. The summed E-state index contributed by atoms with van der Waals surface area (Å²) >= 11 is 0. The van der Waals surface area contributed by atoms with Gasteiger partial charge in [-0.25, -0.2) is 0 Å². The van der Waals surface area contributed by atoms with Crippen molar-refractivity contribution in [3.05, 3.63) is 84.0 Å². The standard InChI is InChI=1S/C24H31BO2Si/c1-19(20-14-10-8-11-15-20)18-22(25-26-23(2,3)24(4,5)27-25)28(6,7)21-16-12-9-13-17-21/h8-18H,1H2,2-7H3/b22-18+. The van der Waals surface area contributed by atoms with Crippen molar-refractivity contribution in [2.75, 3.05) is 0 Å². The molecule has 0 N–H and O–H groups in total. The molecular formula is C24H31BO2Si. The maximum Gasteiger partial charge on any atom is 0.486 e. The highest BCUT2D eigenvalue weighted by atomic mass is 28.3. The van der Waals surface area contributed by atoms with E-state index in [1.165, 1.54) is 10.3 Å². The molecule has 0 spiro atoms. The van der Waals surface area contributed by atoms with Gasteiger partial charge in [-0.3, -0.25) is 0 Å². The minimum absolute atomic E-state index is 0.368. The molecule has 4 heteroatoms. The average molecular weight is 390 g/mol. The smallest absolute Gasteiger partial charge is 0.400 e. The summed E-state index contributed by atoms with van der Waals surface area (Å²) < 4.78 is 12.9. The molecule has 0 aromatic heterocycles. The van der Waals surface area contributed by atoms with Gasteiger partial charge in [0, 0.05) is 0 Å². The fourth-order valence-electron chi connectivity index (χ4n) is 3.46. The average Bonchev–Trinajstić information content (AvgIpc) is 2.87. The number of hydrogen-bond donors (Lipinski definition) is 0. The zero-order valence-electron chi connectivity index (χ0n) is 18.0. The minimum Gasteiger partial charge on any atom is -0.400 e. The van der Waals surface area contributed by atoms with Crippen LogP contribution in [0.3, 0.4) is 0 Å². The van der Waals surface area contributed by atoms with Crippen LogP contribution in [0.4, 0.5) is 0 Å². The largest absolute Gasteiger partial charge is 0.486 e. The quantitative estimate of drug-likeness (QED) is 0.502. The Morgan fingerprint density at radius 2 is 1.32 bits per heavy atom. The Morgan fingerprint density at radius 1 is 0.857 bits per heavy atom. The molecule has 2 aromatic rings. The molecule has 1 heterocycles. The van der Waals surface area contributed by atoms with Gasteiger partial charge in [-0.1, -0.05) is 91.6 Å². The summed E-state index contributed by atoms with van der Waals surface area (Å²) in [7, 11) is -2.41. The minimum atomic E-state index is -2.04. The first-order valence-electron chi connectivity index (χ1n) is 9.92. The van der Waals surface area contributed by atoms with Gasteiger partial charge in [0.15, 0.2) is 0 Å². The Hall–Kier alpha value is -1.88. The normalized spacial score (nSPS) is 18.9. The fourth-order valence-corrected chi connectivity index (χ4v) is 6.06. The van der Waals surface area contributed by atoms with E-state index in [1.54, 1.807) is 0 Å². The van der Waals surface area contributed by atoms with Gasteiger partial charge in [-0.05, 0) is 43.9 Å². The lowest BCUT2D eigenvalue weighted by molar-refractivity contribution is 0.00578. The molecule has 1 aliphatic rings. The fraction of sp³-hybridized carbons (Fsp3) is 0.333. The predicted molar refractivity (Wildman–Crippen MR) is 123 cm³/mol. The van der Waals surface area contributed by atoms with Crippen molar-refractivity contribution in [1.29, 1.82) is 0 Å². The molecule has 146 valence electrons. The molecule has 0 bridgehead atoms. The van der Waals surface area contributed by atoms with Crippen LogP contribution in [0, 0.1) is 0 Å². The monoisotopic (exact) mass is 390 g/mol. The Kier molecular flexibility index (Phi) is 5.59. The number of benzene rings is 2. The zero-order valence-corrected chi connectivity index (χ0v) is 19.0. The first kappa shape index (κ1) is 20.8. The first-order chi connectivity index (χ1) is 13.0. The van der Waals surface area contributed by atoms with E-state index in [-0.39, 0.29) is 18.3 Å². The second kappa shape index (κ2) is 7.51. The predicted octanol–water partition coefficient (Wildman–Crippen LogP) is 5.41. The molecular weight excluding hydrogens is 359 g/mol. The van der Waals surface area contributed by atoms with Gasteiger partial charge in [0.25, 0.3) is 0 Å². The molecule has 0 saturated carbocycles. The van der Waals surface area contributed by atoms with E-state index < -0.39 is 8.07 Å². The van der Waals surface area contributed by atoms with Crippen molar-refractivity contribution in [2.24, 2.45) is 0 Å². The second-order valence-corrected chi connectivity index (χ2v) is 13.5. The van der Waals surface area contributed by atoms with Gasteiger partial charge >= 0.3 is 7.12 Å². The highest BCUT2D eigenvalue weighted by Crippen LogP contribution is 2.40. The van der Waals surface area contributed by atoms with Crippen LogP contribution in [-0.2, 0) is 9.31 Å². The van der Waals surface area contributed by atoms with Crippen LogP contribution in [0.2, 0.25) is 13.1 Å². The molecule has 2 nitrogen and oxygen atoms in total. The molecule has 1 saturated heterocycles. The lowest BCUT2D eigenvalue weighted by Gasteiger charge is -2.32. The SMILES string of the molecule is C=C(/C=C(\B1OC(C)(C)C(C)(C)O1)[Si](C)(C)c1ccccc1)c1ccccc1. The van der Waals surface area contributed by atoms with E-state index in [1.807, 2.05) is 18.2 Å². The molecule has 28 heavy (non-hydrogen) atoms. The van der Waals surface area contributed by atoms with Crippen molar-refractivity contribution in [1.82, 2.24) is 0 Å². The van der Waals surface area contributed by atoms with E-state index in [4.69, 9.17) is 9.31 Å². The third kappa shape index (κ3) is 3.95. The molecule has 0 radical (unpaired) electrons. The summed E-state index contributed by atoms with van der Waals surface area (Å²) in [6, 6.07) is 21.0. The Balaban J connectivity index is 2.07. The van der Waals surface area contributed by atoms with Crippen molar-refractivity contribution in [3.8, 4) is 0 Å². The third-order valence-electron chi connectivity index (χ3n) is 6.20. The maximum atomic E-state index is 6.47. The number of rotatable bonds is 5. The van der Waals surface area contributed by atoms with Crippen LogP contribution in [0.25, 0.3) is 5.57 Å². The Morgan fingerprint density at radius 3 is 1.82 bits per heavy atom. The molecule has 0 atom stereocenters. The maximum absolute atomic E-state index is 6.47. The van der Waals surface area contributed by atoms with Gasteiger partial charge in [-0.2, -0.15) is 0 Å². The molecule has 0 amide bonds. The van der Waals surface area contributed by atoms with Gasteiger partial charge in [0.1, 0.15) is 8.07 Å². The summed E-state index contributed by atoms with van der Waals surface area (Å²) in [6.45, 7) is 17.5. The van der Waals surface area contributed by atoms with Crippen LogP contribution in [0.1, 0.15) is 33.3 Å². The van der Waals surface area contributed by atoms with Crippen molar-refractivity contribution >= 4 is 26.0 Å². The van der Waals surface area contributed by atoms with Gasteiger partial charge in [0.2, 0.25) is 0 Å². The topological polar surface area (TPSA) is 18.5 Å². The summed E-state index contributed by atoms with van der Waals surface area (Å²) in [5.74, 6) is 0. The van der Waals surface area contributed by atoms with Crippen molar-refractivity contribution in [2.45, 2.75) is 52.0 Å². The molecule has 0 aliphatic carbocycles.